The largest absolute Gasteiger partial charge is 0.317 e. The maximum absolute atomic E-state index is 11.8. The number of hydrogen-bond donors (Lipinski definition) is 1. The summed E-state index contributed by atoms with van der Waals surface area (Å²) < 4.78 is 0. The minimum atomic E-state index is 0.0655. The molecule has 2 aromatic heterocycles. The fourth-order valence-electron chi connectivity index (χ4n) is 9.02. The molecule has 59 heavy (non-hydrogen) atoms. The minimum absolute atomic E-state index is 0.0655. The highest BCUT2D eigenvalue weighted by Gasteiger charge is 2.27. The number of nitrogens with zero attached hydrogens (tertiary/aromatic N) is 5. The van der Waals surface area contributed by atoms with Gasteiger partial charge in [0.25, 0.3) is 0 Å². The van der Waals surface area contributed by atoms with Crippen LogP contribution in [0, 0.1) is 0 Å². The van der Waals surface area contributed by atoms with E-state index in [4.69, 9.17) is 4.98 Å². The molecule has 4 aromatic carbocycles. The van der Waals surface area contributed by atoms with E-state index >= 15 is 0 Å². The maximum atomic E-state index is 11.8. The van der Waals surface area contributed by atoms with Crippen LogP contribution in [0.4, 0.5) is 0 Å². The van der Waals surface area contributed by atoms with Gasteiger partial charge < -0.3 is 15.1 Å². The number of benzene rings is 4. The Morgan fingerprint density at radius 1 is 0.627 bits per heavy atom. The van der Waals surface area contributed by atoms with Gasteiger partial charge in [-0.3, -0.25) is 9.69 Å². The normalized spacial score (nSPS) is 15.7. The van der Waals surface area contributed by atoms with Crippen LogP contribution < -0.4 is 5.32 Å². The van der Waals surface area contributed by atoms with Crippen molar-refractivity contribution in [2.45, 2.75) is 85.4 Å². The van der Waals surface area contributed by atoms with Crippen molar-refractivity contribution in [2.75, 3.05) is 52.4 Å². The van der Waals surface area contributed by atoms with E-state index in [2.05, 4.69) is 120 Å². The van der Waals surface area contributed by atoms with Crippen LogP contribution in [0.25, 0.3) is 44.3 Å². The molecule has 0 bridgehead atoms. The van der Waals surface area contributed by atoms with Gasteiger partial charge in [0.2, 0.25) is 0 Å². The van der Waals surface area contributed by atoms with Gasteiger partial charge in [0.1, 0.15) is 0 Å². The lowest BCUT2D eigenvalue weighted by Crippen LogP contribution is -2.45. The fourth-order valence-corrected chi connectivity index (χ4v) is 9.02. The van der Waals surface area contributed by atoms with Crippen molar-refractivity contribution in [2.24, 2.45) is 0 Å². The van der Waals surface area contributed by atoms with Crippen LogP contribution >= 0.6 is 0 Å². The van der Waals surface area contributed by atoms with Crippen molar-refractivity contribution in [3.05, 3.63) is 132 Å². The molecule has 7 nitrogen and oxygen atoms in total. The molecule has 0 saturated carbocycles. The Morgan fingerprint density at radius 3 is 1.58 bits per heavy atom. The van der Waals surface area contributed by atoms with E-state index in [1.54, 1.807) is 6.92 Å². The zero-order chi connectivity index (χ0) is 41.6. The van der Waals surface area contributed by atoms with Crippen molar-refractivity contribution in [3.63, 3.8) is 0 Å². The van der Waals surface area contributed by atoms with Crippen LogP contribution in [0.15, 0.2) is 121 Å². The molecular weight excluding hydrogens is 725 g/mol. The van der Waals surface area contributed by atoms with Gasteiger partial charge in [-0.15, -0.1) is 0 Å². The number of para-hydroxylation sites is 2. The summed E-state index contributed by atoms with van der Waals surface area (Å²) in [5.41, 5.74) is 8.19. The smallest absolute Gasteiger partial charge is 0.160 e. The van der Waals surface area contributed by atoms with Crippen molar-refractivity contribution in [1.82, 2.24) is 30.0 Å². The molecule has 7 heteroatoms. The SMILES string of the molecule is CC(=O)c1cc(-c2ccccc2)nc2ccccc12.CCN(CC)C1CCN(C(C)c2cc(-c3ccccc3)nc3ccccc23)CC1.CCN(CC)C1CCNCC1. The molecule has 2 saturated heterocycles. The van der Waals surface area contributed by atoms with E-state index in [-0.39, 0.29) is 5.78 Å². The van der Waals surface area contributed by atoms with E-state index in [1.165, 1.54) is 81.5 Å². The third kappa shape index (κ3) is 11.3. The lowest BCUT2D eigenvalue weighted by atomic mass is 9.95. The average molecular weight is 791 g/mol. The summed E-state index contributed by atoms with van der Waals surface area (Å²) in [7, 11) is 0. The molecule has 2 fully saturated rings. The third-order valence-electron chi connectivity index (χ3n) is 12.4. The molecule has 6 aromatic rings. The molecule has 1 unspecified atom stereocenters. The molecule has 2 aliphatic rings. The van der Waals surface area contributed by atoms with Gasteiger partial charge in [-0.1, -0.05) is 125 Å². The molecule has 4 heterocycles. The van der Waals surface area contributed by atoms with Crippen LogP contribution in [0.2, 0.25) is 0 Å². The zero-order valence-electron chi connectivity index (χ0n) is 36.4. The number of Topliss-reactive ketones (excluding diaryl/α,β-unsaturated/α-hetero) is 1. The van der Waals surface area contributed by atoms with E-state index in [9.17, 15) is 4.79 Å². The summed E-state index contributed by atoms with van der Waals surface area (Å²) in [5.74, 6) is 0.0655. The Balaban J connectivity index is 0.000000166. The molecule has 0 spiro atoms. The summed E-state index contributed by atoms with van der Waals surface area (Å²) in [4.78, 5) is 29.3. The topological polar surface area (TPSA) is 64.6 Å². The van der Waals surface area contributed by atoms with Gasteiger partial charge in [0.15, 0.2) is 5.78 Å². The predicted octanol–water partition coefficient (Wildman–Crippen LogP) is 11.0. The first-order chi connectivity index (χ1) is 28.8. The van der Waals surface area contributed by atoms with E-state index in [0.29, 0.717) is 6.04 Å². The molecule has 0 radical (unpaired) electrons. The molecule has 2 aliphatic heterocycles. The Hall–Kier alpha value is -4.79. The van der Waals surface area contributed by atoms with Crippen LogP contribution in [0.5, 0.6) is 0 Å². The Labute approximate surface area is 353 Å². The van der Waals surface area contributed by atoms with Crippen molar-refractivity contribution in [1.29, 1.82) is 0 Å². The van der Waals surface area contributed by atoms with E-state index < -0.39 is 0 Å². The minimum Gasteiger partial charge on any atom is -0.317 e. The highest BCUT2D eigenvalue weighted by atomic mass is 16.1. The Morgan fingerprint density at radius 2 is 1.07 bits per heavy atom. The predicted molar refractivity (Wildman–Crippen MR) is 249 cm³/mol. The number of piperidine rings is 2. The quantitative estimate of drug-likeness (QED) is 0.131. The number of hydrogen-bond acceptors (Lipinski definition) is 7. The van der Waals surface area contributed by atoms with Gasteiger partial charge in [-0.2, -0.15) is 0 Å². The second-order valence-corrected chi connectivity index (χ2v) is 15.8. The third-order valence-corrected chi connectivity index (χ3v) is 12.4. The fraction of sp³-hybridized carbons (Fsp3) is 0.404. The van der Waals surface area contributed by atoms with Crippen LogP contribution in [0.1, 0.15) is 89.2 Å². The first-order valence-corrected chi connectivity index (χ1v) is 22.2. The monoisotopic (exact) mass is 791 g/mol. The second-order valence-electron chi connectivity index (χ2n) is 15.8. The summed E-state index contributed by atoms with van der Waals surface area (Å²) in [5, 5.41) is 5.59. The van der Waals surface area contributed by atoms with Crippen molar-refractivity contribution < 1.29 is 4.79 Å². The number of nitrogens with one attached hydrogen (secondary N) is 1. The summed E-state index contributed by atoms with van der Waals surface area (Å²) in [6, 6.07) is 43.0. The number of fused-ring (bicyclic) bond motifs is 2. The molecule has 0 amide bonds. The highest BCUT2D eigenvalue weighted by molar-refractivity contribution is 6.07. The first kappa shape index (κ1) is 43.8. The van der Waals surface area contributed by atoms with Gasteiger partial charge in [0, 0.05) is 58.7 Å². The molecule has 0 aliphatic carbocycles. The number of ketones is 1. The van der Waals surface area contributed by atoms with Crippen molar-refractivity contribution in [3.8, 4) is 22.5 Å². The van der Waals surface area contributed by atoms with Gasteiger partial charge in [-0.25, -0.2) is 9.97 Å². The van der Waals surface area contributed by atoms with Gasteiger partial charge in [-0.05, 0) is 109 Å². The van der Waals surface area contributed by atoms with Crippen molar-refractivity contribution >= 4 is 27.6 Å². The van der Waals surface area contributed by atoms with E-state index in [0.717, 1.165) is 64.1 Å². The summed E-state index contributed by atoms with van der Waals surface area (Å²) in [6.45, 7) is 22.5. The number of likely N-dealkylation sites (tertiary alicyclic amines) is 1. The zero-order valence-corrected chi connectivity index (χ0v) is 36.4. The molecule has 1 atom stereocenters. The van der Waals surface area contributed by atoms with Crippen LogP contribution in [-0.4, -0.2) is 94.9 Å². The second kappa shape index (κ2) is 22.0. The average Bonchev–Trinajstić information content (AvgIpc) is 3.30. The van der Waals surface area contributed by atoms with E-state index in [1.807, 2.05) is 60.7 Å². The molecule has 8 rings (SSSR count). The Bertz CT molecular complexity index is 2190. The lowest BCUT2D eigenvalue weighted by Gasteiger charge is -2.40. The standard InChI is InChI=1S/C26H33N3.C17H13NO.C9H20N2/c1-4-28(5-2)22-15-17-29(18-16-22)20(3)24-19-26(21-11-7-6-8-12-21)27-25-14-10-9-13-23(24)25;1-12(19)15-11-17(13-7-3-2-4-8-13)18-16-10-6-5-9-14(15)16;1-3-11(4-2)9-5-7-10-8-6-9/h6-14,19-20,22H,4-5,15-18H2,1-3H3;2-11H,1H3;9-10H,3-8H2,1-2H3. The summed E-state index contributed by atoms with van der Waals surface area (Å²) >= 11 is 0. The van der Waals surface area contributed by atoms with Crippen LogP contribution in [-0.2, 0) is 0 Å². The maximum Gasteiger partial charge on any atom is 0.160 e. The molecular formula is C52H66N6O. The Kier molecular flexibility index (Phi) is 16.3. The van der Waals surface area contributed by atoms with Gasteiger partial charge >= 0.3 is 0 Å². The van der Waals surface area contributed by atoms with Gasteiger partial charge in [0.05, 0.1) is 22.4 Å². The first-order valence-electron chi connectivity index (χ1n) is 22.2. The number of aromatic nitrogens is 2. The number of carbonyl (C=O) groups is 1. The number of rotatable bonds is 11. The molecule has 310 valence electrons. The van der Waals surface area contributed by atoms with Crippen LogP contribution in [0.3, 0.4) is 0 Å². The molecule has 1 N–H and O–H groups in total. The number of carbonyl (C=O) groups excluding carboxylic acids is 1. The summed E-state index contributed by atoms with van der Waals surface area (Å²) in [6.07, 6.45) is 5.20. The highest BCUT2D eigenvalue weighted by Crippen LogP contribution is 2.33. The lowest BCUT2D eigenvalue weighted by molar-refractivity contribution is 0.0943. The number of pyridine rings is 2.